The van der Waals surface area contributed by atoms with Gasteiger partial charge in [0, 0.05) is 37.1 Å². The minimum absolute atomic E-state index is 0.0340. The fraction of sp³-hybridized carbons (Fsp3) is 0.412. The van der Waals surface area contributed by atoms with Crippen molar-refractivity contribution < 1.29 is 13.2 Å². The molecule has 7 nitrogen and oxygen atoms in total. The van der Waals surface area contributed by atoms with Crippen LogP contribution < -0.4 is 10.0 Å². The molecule has 2 N–H and O–H groups in total. The maximum Gasteiger partial charge on any atom is 0.251 e. The van der Waals surface area contributed by atoms with Crippen LogP contribution in [0.4, 0.5) is 0 Å². The summed E-state index contributed by atoms with van der Waals surface area (Å²) in [7, 11) is -3.56. The van der Waals surface area contributed by atoms with Crippen LogP contribution >= 0.6 is 0 Å². The Morgan fingerprint density at radius 1 is 1.36 bits per heavy atom. The number of aromatic nitrogens is 2. The number of benzene rings is 1. The van der Waals surface area contributed by atoms with Crippen molar-refractivity contribution in [2.45, 2.75) is 43.7 Å². The fourth-order valence-electron chi connectivity index (χ4n) is 2.48. The van der Waals surface area contributed by atoms with Gasteiger partial charge in [0.1, 0.15) is 0 Å². The molecule has 3 rings (SSSR count). The first-order chi connectivity index (χ1) is 12.0. The first-order valence-corrected chi connectivity index (χ1v) is 9.81. The zero-order valence-corrected chi connectivity index (χ0v) is 14.9. The van der Waals surface area contributed by atoms with Gasteiger partial charge in [-0.2, -0.15) is 0 Å². The highest BCUT2D eigenvalue weighted by Crippen LogP contribution is 2.23. The molecular formula is C17H22N4O3S. The van der Waals surface area contributed by atoms with Crippen molar-refractivity contribution in [3.05, 3.63) is 48.0 Å². The molecule has 1 aromatic carbocycles. The largest absolute Gasteiger partial charge is 0.352 e. The summed E-state index contributed by atoms with van der Waals surface area (Å²) in [6.07, 6.45) is 7.82. The van der Waals surface area contributed by atoms with Gasteiger partial charge in [-0.05, 0) is 43.9 Å². The molecule has 1 aromatic heterocycles. The lowest BCUT2D eigenvalue weighted by Gasteiger charge is -2.11. The Balaban J connectivity index is 1.62. The molecule has 0 bridgehead atoms. The Bertz CT molecular complexity index is 843. The van der Waals surface area contributed by atoms with E-state index < -0.39 is 10.0 Å². The summed E-state index contributed by atoms with van der Waals surface area (Å²) in [5, 5.41) is 2.85. The van der Waals surface area contributed by atoms with Crippen molar-refractivity contribution in [1.29, 1.82) is 0 Å². The highest BCUT2D eigenvalue weighted by molar-refractivity contribution is 7.89. The van der Waals surface area contributed by atoms with Crippen molar-refractivity contribution in [2.75, 3.05) is 6.54 Å². The second-order valence-corrected chi connectivity index (χ2v) is 8.00. The van der Waals surface area contributed by atoms with Gasteiger partial charge in [0.2, 0.25) is 10.0 Å². The number of hydrogen-bond donors (Lipinski definition) is 2. The molecule has 2 aromatic rings. The number of aryl methyl sites for hydroxylation is 2. The number of carbonyl (C=O) groups excluding carboxylic acids is 1. The third-order valence-corrected chi connectivity index (χ3v) is 5.62. The van der Waals surface area contributed by atoms with Crippen LogP contribution in [0, 0.1) is 6.92 Å². The second-order valence-electron chi connectivity index (χ2n) is 6.28. The molecule has 0 saturated heterocycles. The van der Waals surface area contributed by atoms with E-state index >= 15 is 0 Å². The third-order valence-electron chi connectivity index (χ3n) is 4.10. The van der Waals surface area contributed by atoms with Crippen LogP contribution in [0.5, 0.6) is 0 Å². The number of nitrogens with one attached hydrogen (secondary N) is 2. The smallest absolute Gasteiger partial charge is 0.251 e. The summed E-state index contributed by atoms with van der Waals surface area (Å²) in [6, 6.07) is 4.69. The van der Waals surface area contributed by atoms with Crippen LogP contribution in [-0.4, -0.2) is 36.5 Å². The standard InChI is InChI=1S/C17H22N4O3S/c1-13-3-6-15(25(23,24)20-14-4-5-14)11-16(13)17(22)19-7-2-9-21-10-8-18-12-21/h3,6,8,10-12,14,20H,2,4-5,7,9H2,1H3,(H,19,22). The van der Waals surface area contributed by atoms with Gasteiger partial charge in [0.15, 0.2) is 0 Å². The van der Waals surface area contributed by atoms with Crippen molar-refractivity contribution in [3.8, 4) is 0 Å². The van der Waals surface area contributed by atoms with E-state index in [9.17, 15) is 13.2 Å². The zero-order valence-electron chi connectivity index (χ0n) is 14.1. The SMILES string of the molecule is Cc1ccc(S(=O)(=O)NC2CC2)cc1C(=O)NCCCn1ccnc1. The zero-order chi connectivity index (χ0) is 17.9. The maximum atomic E-state index is 12.4. The molecule has 1 aliphatic rings. The average Bonchev–Trinajstić information content (AvgIpc) is 3.22. The molecule has 1 aliphatic carbocycles. The van der Waals surface area contributed by atoms with Crippen LogP contribution in [0.2, 0.25) is 0 Å². The van der Waals surface area contributed by atoms with E-state index in [0.717, 1.165) is 31.4 Å². The van der Waals surface area contributed by atoms with E-state index in [2.05, 4.69) is 15.0 Å². The van der Waals surface area contributed by atoms with E-state index in [4.69, 9.17) is 0 Å². The molecule has 0 aliphatic heterocycles. The number of nitrogens with zero attached hydrogens (tertiary/aromatic N) is 2. The Morgan fingerprint density at radius 3 is 2.84 bits per heavy atom. The van der Waals surface area contributed by atoms with Crippen LogP contribution in [0.25, 0.3) is 0 Å². The number of rotatable bonds is 8. The Morgan fingerprint density at radius 2 is 2.16 bits per heavy atom. The number of imidazole rings is 1. The Labute approximate surface area is 147 Å². The minimum atomic E-state index is -3.56. The summed E-state index contributed by atoms with van der Waals surface area (Å²) in [5.41, 5.74) is 1.14. The topological polar surface area (TPSA) is 93.1 Å². The van der Waals surface area contributed by atoms with Gasteiger partial charge in [-0.1, -0.05) is 6.07 Å². The number of amides is 1. The number of hydrogen-bond acceptors (Lipinski definition) is 4. The highest BCUT2D eigenvalue weighted by atomic mass is 32.2. The monoisotopic (exact) mass is 362 g/mol. The van der Waals surface area contributed by atoms with Crippen LogP contribution in [-0.2, 0) is 16.6 Å². The van der Waals surface area contributed by atoms with Gasteiger partial charge in [-0.3, -0.25) is 4.79 Å². The second kappa shape index (κ2) is 7.37. The quantitative estimate of drug-likeness (QED) is 0.695. The Kier molecular flexibility index (Phi) is 5.19. The molecule has 25 heavy (non-hydrogen) atoms. The van der Waals surface area contributed by atoms with Gasteiger partial charge < -0.3 is 9.88 Å². The molecule has 1 fully saturated rings. The van der Waals surface area contributed by atoms with Gasteiger partial charge in [-0.25, -0.2) is 18.1 Å². The average molecular weight is 362 g/mol. The Hall–Kier alpha value is -2.19. The summed E-state index contributed by atoms with van der Waals surface area (Å²) in [6.45, 7) is 3.07. The van der Waals surface area contributed by atoms with E-state index in [1.165, 1.54) is 12.1 Å². The van der Waals surface area contributed by atoms with Crippen LogP contribution in [0.1, 0.15) is 35.2 Å². The predicted octanol–water partition coefficient (Wildman–Crippen LogP) is 1.45. The first kappa shape index (κ1) is 17.6. The van der Waals surface area contributed by atoms with E-state index in [1.54, 1.807) is 25.5 Å². The number of sulfonamides is 1. The molecule has 0 spiro atoms. The lowest BCUT2D eigenvalue weighted by atomic mass is 10.1. The fourth-order valence-corrected chi connectivity index (χ4v) is 3.81. The predicted molar refractivity (Wildman–Crippen MR) is 93.7 cm³/mol. The summed E-state index contributed by atoms with van der Waals surface area (Å²) >= 11 is 0. The molecule has 1 saturated carbocycles. The van der Waals surface area contributed by atoms with E-state index in [-0.39, 0.29) is 16.8 Å². The molecule has 134 valence electrons. The molecule has 0 atom stereocenters. The molecule has 1 amide bonds. The van der Waals surface area contributed by atoms with Crippen molar-refractivity contribution >= 4 is 15.9 Å². The van der Waals surface area contributed by atoms with Crippen molar-refractivity contribution in [2.24, 2.45) is 0 Å². The van der Waals surface area contributed by atoms with Gasteiger partial charge in [0.05, 0.1) is 11.2 Å². The van der Waals surface area contributed by atoms with Crippen molar-refractivity contribution in [1.82, 2.24) is 19.6 Å². The molecule has 8 heteroatoms. The van der Waals surface area contributed by atoms with E-state index in [0.29, 0.717) is 12.1 Å². The summed E-state index contributed by atoms with van der Waals surface area (Å²) in [4.78, 5) is 16.5. The first-order valence-electron chi connectivity index (χ1n) is 8.32. The normalized spacial score (nSPS) is 14.4. The number of carbonyl (C=O) groups is 1. The lowest BCUT2D eigenvalue weighted by molar-refractivity contribution is 0.0952. The lowest BCUT2D eigenvalue weighted by Crippen LogP contribution is -2.28. The molecule has 0 unspecified atom stereocenters. The van der Waals surface area contributed by atoms with Crippen molar-refractivity contribution in [3.63, 3.8) is 0 Å². The summed E-state index contributed by atoms with van der Waals surface area (Å²) < 4.78 is 29.2. The maximum absolute atomic E-state index is 12.4. The third kappa shape index (κ3) is 4.67. The molecule has 0 radical (unpaired) electrons. The molecular weight excluding hydrogens is 340 g/mol. The van der Waals surface area contributed by atoms with E-state index in [1.807, 2.05) is 10.8 Å². The highest BCUT2D eigenvalue weighted by Gasteiger charge is 2.28. The summed E-state index contributed by atoms with van der Waals surface area (Å²) in [5.74, 6) is -0.258. The van der Waals surface area contributed by atoms with Crippen LogP contribution in [0.3, 0.4) is 0 Å². The van der Waals surface area contributed by atoms with Gasteiger partial charge >= 0.3 is 0 Å². The molecule has 1 heterocycles. The van der Waals surface area contributed by atoms with Gasteiger partial charge in [0.25, 0.3) is 5.91 Å². The minimum Gasteiger partial charge on any atom is -0.352 e. The van der Waals surface area contributed by atoms with Crippen LogP contribution in [0.15, 0.2) is 41.8 Å². The van der Waals surface area contributed by atoms with Gasteiger partial charge in [-0.15, -0.1) is 0 Å².